The summed E-state index contributed by atoms with van der Waals surface area (Å²) in [5.74, 6) is 0. The van der Waals surface area contributed by atoms with Crippen molar-refractivity contribution in [3.63, 3.8) is 0 Å². The summed E-state index contributed by atoms with van der Waals surface area (Å²) < 4.78 is 2.53. The molecule has 3 heteroatoms. The molecule has 0 saturated carbocycles. The average Bonchev–Trinajstić information content (AvgIpc) is 2.92. The van der Waals surface area contributed by atoms with E-state index in [-0.39, 0.29) is 17.0 Å². The van der Waals surface area contributed by atoms with Gasteiger partial charge in [0.05, 0.1) is 11.1 Å². The molecule has 2 aliphatic rings. The smallest absolute Gasteiger partial charge is 0.223 e. The Kier molecular flexibility index (Phi) is 6.03. The van der Waals surface area contributed by atoms with Crippen molar-refractivity contribution in [2.45, 2.75) is 25.7 Å². The van der Waals surface area contributed by atoms with Crippen molar-refractivity contribution < 1.29 is 21.5 Å². The molecule has 0 aliphatic heterocycles. The molecule has 1 aromatic heterocycles. The lowest BCUT2D eigenvalue weighted by molar-refractivity contribution is -0.573. The Bertz CT molecular complexity index is 1510. The molecular formula is C33H25BrClN. The quantitative estimate of drug-likeness (QED) is 0.278. The molecule has 0 radical (unpaired) electrons. The second-order valence-electron chi connectivity index (χ2n) is 9.52. The molecule has 0 spiro atoms. The number of benzene rings is 4. The molecule has 1 heterocycles. The van der Waals surface area contributed by atoms with Crippen LogP contribution in [0.2, 0.25) is 5.02 Å². The molecule has 2 aliphatic carbocycles. The Morgan fingerprint density at radius 1 is 0.528 bits per heavy atom. The molecule has 7 rings (SSSR count). The van der Waals surface area contributed by atoms with Crippen LogP contribution in [-0.4, -0.2) is 0 Å². The first-order valence-corrected chi connectivity index (χ1v) is 12.8. The molecule has 5 aromatic rings. The number of pyridine rings is 1. The lowest BCUT2D eigenvalue weighted by Gasteiger charge is -2.28. The molecule has 0 N–H and O–H groups in total. The van der Waals surface area contributed by atoms with Gasteiger partial charge in [0.1, 0.15) is 0 Å². The van der Waals surface area contributed by atoms with Gasteiger partial charge in [-0.05, 0) is 66.6 Å². The van der Waals surface area contributed by atoms with E-state index in [1.54, 1.807) is 0 Å². The van der Waals surface area contributed by atoms with E-state index in [9.17, 15) is 0 Å². The van der Waals surface area contributed by atoms with Gasteiger partial charge in [-0.3, -0.25) is 0 Å². The number of halogens is 2. The fraction of sp³-hybridized carbons (Fsp3) is 0.121. The topological polar surface area (TPSA) is 3.88 Å². The molecule has 0 unspecified atom stereocenters. The Hall–Kier alpha value is -3.20. The highest BCUT2D eigenvalue weighted by Crippen LogP contribution is 2.45. The van der Waals surface area contributed by atoms with E-state index in [2.05, 4.69) is 95.6 Å². The summed E-state index contributed by atoms with van der Waals surface area (Å²) in [6, 6.07) is 37.2. The zero-order valence-electron chi connectivity index (χ0n) is 19.8. The highest BCUT2D eigenvalue weighted by molar-refractivity contribution is 6.30. The van der Waals surface area contributed by atoms with E-state index >= 15 is 0 Å². The van der Waals surface area contributed by atoms with Crippen molar-refractivity contribution in [1.29, 1.82) is 0 Å². The first-order chi connectivity index (χ1) is 17.3. The van der Waals surface area contributed by atoms with Gasteiger partial charge in [-0.15, -0.1) is 0 Å². The minimum Gasteiger partial charge on any atom is -1.00 e. The molecule has 0 saturated heterocycles. The summed E-state index contributed by atoms with van der Waals surface area (Å²) in [5, 5.41) is 0.763. The van der Waals surface area contributed by atoms with Gasteiger partial charge in [0.15, 0.2) is 0 Å². The number of hydrogen-bond donors (Lipinski definition) is 0. The third-order valence-electron chi connectivity index (χ3n) is 7.60. The van der Waals surface area contributed by atoms with E-state index in [1.807, 2.05) is 12.1 Å². The van der Waals surface area contributed by atoms with Crippen molar-refractivity contribution in [2.24, 2.45) is 0 Å². The van der Waals surface area contributed by atoms with Crippen LogP contribution in [0.15, 0.2) is 103 Å². The fourth-order valence-electron chi connectivity index (χ4n) is 6.11. The molecule has 176 valence electrons. The number of aryl methyl sites for hydroxylation is 2. The van der Waals surface area contributed by atoms with Crippen LogP contribution >= 0.6 is 11.6 Å². The molecular weight excluding hydrogens is 526 g/mol. The highest BCUT2D eigenvalue weighted by atomic mass is 79.9. The molecule has 0 amide bonds. The SMILES string of the molecule is Clc1ccc(-[n+]2c3c(c(-c4ccccc4)c4c2-c2ccccc2CC4)CCc2ccccc2-3)cc1.[Br-]. The summed E-state index contributed by atoms with van der Waals surface area (Å²) in [7, 11) is 0. The molecule has 0 atom stereocenters. The number of nitrogens with zero attached hydrogens (tertiary/aromatic N) is 1. The zero-order valence-corrected chi connectivity index (χ0v) is 22.2. The summed E-state index contributed by atoms with van der Waals surface area (Å²) >= 11 is 6.34. The van der Waals surface area contributed by atoms with Gasteiger partial charge in [0.25, 0.3) is 0 Å². The van der Waals surface area contributed by atoms with E-state index < -0.39 is 0 Å². The van der Waals surface area contributed by atoms with Gasteiger partial charge >= 0.3 is 0 Å². The highest BCUT2D eigenvalue weighted by Gasteiger charge is 2.38. The predicted octanol–water partition coefficient (Wildman–Crippen LogP) is 4.82. The third kappa shape index (κ3) is 3.63. The van der Waals surface area contributed by atoms with Crippen LogP contribution in [0.1, 0.15) is 22.3 Å². The summed E-state index contributed by atoms with van der Waals surface area (Å²) in [5.41, 5.74) is 15.0. The van der Waals surface area contributed by atoms with Crippen LogP contribution in [0.4, 0.5) is 0 Å². The van der Waals surface area contributed by atoms with Crippen molar-refractivity contribution >= 4 is 11.6 Å². The van der Waals surface area contributed by atoms with E-state index in [1.165, 1.54) is 55.9 Å². The summed E-state index contributed by atoms with van der Waals surface area (Å²) in [6.45, 7) is 0. The summed E-state index contributed by atoms with van der Waals surface area (Å²) in [4.78, 5) is 0. The molecule has 36 heavy (non-hydrogen) atoms. The Labute approximate surface area is 227 Å². The predicted molar refractivity (Wildman–Crippen MR) is 144 cm³/mol. The van der Waals surface area contributed by atoms with Crippen LogP contribution in [-0.2, 0) is 25.7 Å². The van der Waals surface area contributed by atoms with E-state index in [4.69, 9.17) is 11.6 Å². The van der Waals surface area contributed by atoms with Crippen molar-refractivity contribution in [1.82, 2.24) is 0 Å². The Morgan fingerprint density at radius 3 is 1.58 bits per heavy atom. The monoisotopic (exact) mass is 549 g/mol. The van der Waals surface area contributed by atoms with Gasteiger partial charge < -0.3 is 17.0 Å². The largest absolute Gasteiger partial charge is 1.00 e. The maximum atomic E-state index is 6.34. The van der Waals surface area contributed by atoms with Crippen LogP contribution in [0.25, 0.3) is 39.3 Å². The second-order valence-corrected chi connectivity index (χ2v) is 9.96. The van der Waals surface area contributed by atoms with Gasteiger partial charge in [-0.1, -0.05) is 78.3 Å². The first-order valence-electron chi connectivity index (χ1n) is 12.4. The lowest BCUT2D eigenvalue weighted by atomic mass is 9.77. The van der Waals surface area contributed by atoms with Gasteiger partial charge in [-0.2, -0.15) is 4.57 Å². The molecule has 0 fully saturated rings. The van der Waals surface area contributed by atoms with Crippen molar-refractivity contribution in [2.75, 3.05) is 0 Å². The first kappa shape index (κ1) is 23.2. The number of aromatic nitrogens is 1. The van der Waals surface area contributed by atoms with E-state index in [0.29, 0.717) is 0 Å². The van der Waals surface area contributed by atoms with Crippen LogP contribution in [0.5, 0.6) is 0 Å². The Balaban J connectivity index is 0.00000240. The molecule has 4 aromatic carbocycles. The maximum absolute atomic E-state index is 6.34. The van der Waals surface area contributed by atoms with Gasteiger partial charge in [0.2, 0.25) is 17.1 Å². The minimum atomic E-state index is 0. The number of fused-ring (bicyclic) bond motifs is 6. The lowest BCUT2D eigenvalue weighted by Crippen LogP contribution is -3.00. The third-order valence-corrected chi connectivity index (χ3v) is 7.86. The van der Waals surface area contributed by atoms with Crippen LogP contribution < -0.4 is 21.5 Å². The Morgan fingerprint density at radius 2 is 1.03 bits per heavy atom. The summed E-state index contributed by atoms with van der Waals surface area (Å²) in [6.07, 6.45) is 4.22. The number of rotatable bonds is 2. The second kappa shape index (κ2) is 9.35. The standard InChI is InChI=1S/C33H25ClN.BrH/c34-25-16-18-26(19-17-25)35-32-27-12-6-4-8-22(27)14-20-29(32)31(24-10-2-1-3-11-24)30-21-15-23-9-5-7-13-28(23)33(30)35;/h1-13,16-19H,14-15,20-21H2;1H/q+1;/p-1. The maximum Gasteiger partial charge on any atom is 0.223 e. The van der Waals surface area contributed by atoms with Crippen molar-refractivity contribution in [3.8, 4) is 39.3 Å². The van der Waals surface area contributed by atoms with Crippen LogP contribution in [0, 0.1) is 0 Å². The van der Waals surface area contributed by atoms with Gasteiger partial charge in [0, 0.05) is 33.8 Å². The van der Waals surface area contributed by atoms with Crippen LogP contribution in [0.3, 0.4) is 0 Å². The zero-order chi connectivity index (χ0) is 23.4. The van der Waals surface area contributed by atoms with E-state index in [0.717, 1.165) is 36.4 Å². The molecule has 0 bridgehead atoms. The fourth-order valence-corrected chi connectivity index (χ4v) is 6.24. The molecule has 1 nitrogen and oxygen atoms in total. The number of hydrogen-bond acceptors (Lipinski definition) is 0. The minimum absolute atomic E-state index is 0. The van der Waals surface area contributed by atoms with Gasteiger partial charge in [-0.25, -0.2) is 0 Å². The van der Waals surface area contributed by atoms with Crippen molar-refractivity contribution in [3.05, 3.63) is 130 Å². The average molecular weight is 551 g/mol. The normalized spacial score (nSPS) is 13.0.